The van der Waals surface area contributed by atoms with Crippen molar-refractivity contribution >= 4 is 11.8 Å². The highest BCUT2D eigenvalue weighted by Crippen LogP contribution is 2.42. The number of aromatic nitrogens is 1. The summed E-state index contributed by atoms with van der Waals surface area (Å²) in [6.07, 6.45) is 7.73. The Morgan fingerprint density at radius 1 is 1.21 bits per heavy atom. The molecule has 0 aromatic carbocycles. The second-order valence-corrected chi connectivity index (χ2v) is 8.71. The second-order valence-electron chi connectivity index (χ2n) is 8.71. The van der Waals surface area contributed by atoms with E-state index in [9.17, 15) is 14.9 Å². The molecule has 7 nitrogen and oxygen atoms in total. The number of hydrogen-bond acceptors (Lipinski definition) is 5. The fourth-order valence-corrected chi connectivity index (χ4v) is 4.95. The van der Waals surface area contributed by atoms with Crippen LogP contribution in [0.5, 0.6) is 0 Å². The molecular formula is C22H28N4O3. The van der Waals surface area contributed by atoms with Crippen LogP contribution in [0, 0.1) is 22.2 Å². The zero-order valence-electron chi connectivity index (χ0n) is 16.8. The number of nitrogens with zero attached hydrogens (tertiary/aromatic N) is 4. The number of hydrogen-bond donors (Lipinski definition) is 0. The third-order valence-electron chi connectivity index (χ3n) is 6.93. The first kappa shape index (κ1) is 19.8. The van der Waals surface area contributed by atoms with Gasteiger partial charge in [0.15, 0.2) is 0 Å². The lowest BCUT2D eigenvalue weighted by Crippen LogP contribution is -2.54. The molecule has 0 aliphatic carbocycles. The Hall–Kier alpha value is -2.46. The van der Waals surface area contributed by atoms with Gasteiger partial charge in [0, 0.05) is 58.2 Å². The van der Waals surface area contributed by atoms with Gasteiger partial charge in [-0.1, -0.05) is 6.07 Å². The van der Waals surface area contributed by atoms with E-state index in [1.165, 1.54) is 0 Å². The third kappa shape index (κ3) is 3.99. The minimum absolute atomic E-state index is 0.0303. The molecule has 4 heterocycles. The number of amides is 2. The van der Waals surface area contributed by atoms with Crippen LogP contribution < -0.4 is 0 Å². The van der Waals surface area contributed by atoms with Gasteiger partial charge >= 0.3 is 0 Å². The molecule has 0 radical (unpaired) electrons. The highest BCUT2D eigenvalue weighted by Gasteiger charge is 2.47. The number of nitriles is 1. The standard InChI is InChI=1S/C22H28N4O3/c23-16-22(7-12-29-13-8-22)20(28)25-10-5-21(6-11-25)4-3-19(27)26(17-21)15-18-2-1-9-24-14-18/h1-2,9,14H,3-8,10-13,15,17H2. The Kier molecular flexibility index (Phi) is 5.55. The molecule has 29 heavy (non-hydrogen) atoms. The highest BCUT2D eigenvalue weighted by atomic mass is 16.5. The van der Waals surface area contributed by atoms with Gasteiger partial charge < -0.3 is 14.5 Å². The summed E-state index contributed by atoms with van der Waals surface area (Å²) in [5, 5.41) is 9.69. The Balaban J connectivity index is 1.39. The molecule has 1 aromatic heterocycles. The molecule has 1 spiro atoms. The number of carbonyl (C=O) groups excluding carboxylic acids is 2. The molecule has 2 amide bonds. The van der Waals surface area contributed by atoms with Crippen molar-refractivity contribution in [2.45, 2.75) is 45.1 Å². The number of piperidine rings is 2. The van der Waals surface area contributed by atoms with Crippen LogP contribution in [-0.4, -0.2) is 59.4 Å². The van der Waals surface area contributed by atoms with Gasteiger partial charge in [-0.25, -0.2) is 0 Å². The summed E-state index contributed by atoms with van der Waals surface area (Å²) >= 11 is 0. The Bertz CT molecular complexity index is 790. The van der Waals surface area contributed by atoms with Gasteiger partial charge in [-0.3, -0.25) is 14.6 Å². The second kappa shape index (κ2) is 8.11. The molecule has 4 rings (SSSR count). The minimum Gasteiger partial charge on any atom is -0.381 e. The number of ether oxygens (including phenoxy) is 1. The van der Waals surface area contributed by atoms with Crippen molar-refractivity contribution < 1.29 is 14.3 Å². The lowest BCUT2D eigenvalue weighted by atomic mass is 9.71. The fourth-order valence-electron chi connectivity index (χ4n) is 4.95. The minimum atomic E-state index is -0.919. The van der Waals surface area contributed by atoms with Gasteiger partial charge in [0.05, 0.1) is 6.07 Å². The lowest BCUT2D eigenvalue weighted by Gasteiger charge is -2.48. The van der Waals surface area contributed by atoms with Crippen LogP contribution in [0.4, 0.5) is 0 Å². The predicted molar refractivity (Wildman–Crippen MR) is 105 cm³/mol. The monoisotopic (exact) mass is 396 g/mol. The smallest absolute Gasteiger partial charge is 0.243 e. The van der Waals surface area contributed by atoms with Crippen molar-refractivity contribution in [1.82, 2.24) is 14.8 Å². The van der Waals surface area contributed by atoms with Crippen LogP contribution in [0.3, 0.4) is 0 Å². The van der Waals surface area contributed by atoms with E-state index in [1.54, 1.807) is 6.20 Å². The van der Waals surface area contributed by atoms with Crippen LogP contribution in [0.1, 0.15) is 44.1 Å². The van der Waals surface area contributed by atoms with Gasteiger partial charge in [-0.2, -0.15) is 5.26 Å². The largest absolute Gasteiger partial charge is 0.381 e. The molecule has 3 fully saturated rings. The van der Waals surface area contributed by atoms with Gasteiger partial charge in [-0.15, -0.1) is 0 Å². The van der Waals surface area contributed by atoms with Crippen LogP contribution in [-0.2, 0) is 20.9 Å². The summed E-state index contributed by atoms with van der Waals surface area (Å²) < 4.78 is 5.36. The summed E-state index contributed by atoms with van der Waals surface area (Å²) in [4.78, 5) is 33.6. The van der Waals surface area contributed by atoms with Gasteiger partial charge in [-0.05, 0) is 49.1 Å². The quantitative estimate of drug-likeness (QED) is 0.781. The maximum Gasteiger partial charge on any atom is 0.243 e. The molecule has 0 N–H and O–H groups in total. The van der Waals surface area contributed by atoms with Crippen molar-refractivity contribution in [2.75, 3.05) is 32.8 Å². The summed E-state index contributed by atoms with van der Waals surface area (Å²) in [7, 11) is 0. The summed E-state index contributed by atoms with van der Waals surface area (Å²) in [5.74, 6) is 0.167. The van der Waals surface area contributed by atoms with Crippen LogP contribution in [0.15, 0.2) is 24.5 Å². The Morgan fingerprint density at radius 2 is 1.97 bits per heavy atom. The molecular weight excluding hydrogens is 368 g/mol. The lowest BCUT2D eigenvalue weighted by molar-refractivity contribution is -0.149. The SMILES string of the molecule is N#CC1(C(=O)N2CCC3(CCC(=O)N(Cc4cccnc4)C3)CC2)CCOCC1. The first-order chi connectivity index (χ1) is 14.1. The average molecular weight is 396 g/mol. The maximum atomic E-state index is 13.1. The number of likely N-dealkylation sites (tertiary alicyclic amines) is 2. The highest BCUT2D eigenvalue weighted by molar-refractivity contribution is 5.85. The molecule has 0 saturated carbocycles. The van der Waals surface area contributed by atoms with Gasteiger partial charge in [0.25, 0.3) is 0 Å². The van der Waals surface area contributed by atoms with Crippen molar-refractivity contribution in [3.05, 3.63) is 30.1 Å². The van der Waals surface area contributed by atoms with E-state index in [2.05, 4.69) is 11.1 Å². The molecule has 3 aliphatic heterocycles. The van der Waals surface area contributed by atoms with Crippen molar-refractivity contribution in [1.29, 1.82) is 5.26 Å². The molecule has 7 heteroatoms. The topological polar surface area (TPSA) is 86.5 Å². The van der Waals surface area contributed by atoms with E-state index in [0.717, 1.165) is 31.4 Å². The summed E-state index contributed by atoms with van der Waals surface area (Å²) in [5.41, 5.74) is 0.195. The molecule has 3 aliphatic rings. The Morgan fingerprint density at radius 3 is 2.62 bits per heavy atom. The third-order valence-corrected chi connectivity index (χ3v) is 6.93. The number of rotatable bonds is 3. The van der Waals surface area contributed by atoms with Crippen molar-refractivity contribution in [2.24, 2.45) is 10.8 Å². The van der Waals surface area contributed by atoms with E-state index in [-0.39, 0.29) is 17.2 Å². The summed E-state index contributed by atoms with van der Waals surface area (Å²) in [6, 6.07) is 6.19. The first-order valence-corrected chi connectivity index (χ1v) is 10.5. The van der Waals surface area contributed by atoms with Gasteiger partial charge in [0.2, 0.25) is 11.8 Å². The zero-order chi connectivity index (χ0) is 20.3. The van der Waals surface area contributed by atoms with Crippen molar-refractivity contribution in [3.8, 4) is 6.07 Å². The van der Waals surface area contributed by atoms with E-state index >= 15 is 0 Å². The zero-order valence-corrected chi connectivity index (χ0v) is 16.8. The van der Waals surface area contributed by atoms with Crippen LogP contribution in [0.25, 0.3) is 0 Å². The molecule has 0 bridgehead atoms. The van der Waals surface area contributed by atoms with Crippen LogP contribution >= 0.6 is 0 Å². The number of carbonyl (C=O) groups is 2. The maximum absolute atomic E-state index is 13.1. The van der Waals surface area contributed by atoms with E-state index in [1.807, 2.05) is 28.1 Å². The first-order valence-electron chi connectivity index (χ1n) is 10.5. The molecule has 0 atom stereocenters. The van der Waals surface area contributed by atoms with E-state index < -0.39 is 5.41 Å². The molecule has 1 aromatic rings. The normalized spacial score (nSPS) is 23.6. The Labute approximate surface area is 171 Å². The average Bonchev–Trinajstić information content (AvgIpc) is 2.78. The fraction of sp³-hybridized carbons (Fsp3) is 0.636. The van der Waals surface area contributed by atoms with E-state index in [4.69, 9.17) is 4.74 Å². The van der Waals surface area contributed by atoms with Crippen molar-refractivity contribution in [3.63, 3.8) is 0 Å². The molecule has 0 unspecified atom stereocenters. The van der Waals surface area contributed by atoms with Gasteiger partial charge in [0.1, 0.15) is 5.41 Å². The number of pyridine rings is 1. The van der Waals surface area contributed by atoms with Crippen LogP contribution in [0.2, 0.25) is 0 Å². The molecule has 154 valence electrons. The predicted octanol–water partition coefficient (Wildman–Crippen LogP) is 2.13. The summed E-state index contributed by atoms with van der Waals surface area (Å²) in [6.45, 7) is 3.61. The molecule has 3 saturated heterocycles. The van der Waals surface area contributed by atoms with E-state index in [0.29, 0.717) is 52.1 Å².